The van der Waals surface area contributed by atoms with E-state index >= 15 is 0 Å². The summed E-state index contributed by atoms with van der Waals surface area (Å²) in [5.74, 6) is 0.214. The quantitative estimate of drug-likeness (QED) is 0.341. The number of carbonyl (C=O) groups is 1. The van der Waals surface area contributed by atoms with Crippen molar-refractivity contribution in [3.8, 4) is 5.75 Å². The highest BCUT2D eigenvalue weighted by molar-refractivity contribution is 5.66. The number of benzene rings is 1. The molecular weight excluding hydrogens is 250 g/mol. The molecule has 0 saturated carbocycles. The Morgan fingerprint density at radius 1 is 1.32 bits per heavy atom. The maximum atomic E-state index is 10.6. The minimum atomic E-state index is -0.464. The van der Waals surface area contributed by atoms with Crippen LogP contribution >= 0.6 is 0 Å². The van der Waals surface area contributed by atoms with E-state index in [-0.39, 0.29) is 18.3 Å². The molecule has 1 rings (SSSR count). The first-order valence-electron chi connectivity index (χ1n) is 5.65. The van der Waals surface area contributed by atoms with Gasteiger partial charge in [0.05, 0.1) is 4.92 Å². The van der Waals surface area contributed by atoms with E-state index < -0.39 is 4.92 Å². The second-order valence-electron chi connectivity index (χ2n) is 3.89. The SMILES string of the molecule is CC(=O)OCC=C(C)COc1ccc([N+](=O)[O-])cc1. The molecule has 0 N–H and O–H groups in total. The van der Waals surface area contributed by atoms with Crippen molar-refractivity contribution in [2.75, 3.05) is 13.2 Å². The van der Waals surface area contributed by atoms with Crippen LogP contribution in [-0.2, 0) is 9.53 Å². The molecule has 0 atom stereocenters. The van der Waals surface area contributed by atoms with E-state index in [9.17, 15) is 14.9 Å². The molecule has 1 aromatic rings. The van der Waals surface area contributed by atoms with Crippen LogP contribution < -0.4 is 4.74 Å². The van der Waals surface area contributed by atoms with Gasteiger partial charge in [-0.2, -0.15) is 0 Å². The standard InChI is InChI=1S/C13H15NO5/c1-10(7-8-18-11(2)15)9-19-13-5-3-12(4-6-13)14(16)17/h3-7H,8-9H2,1-2H3. The Hall–Kier alpha value is -2.37. The van der Waals surface area contributed by atoms with E-state index in [1.54, 1.807) is 6.08 Å². The molecule has 1 aromatic carbocycles. The van der Waals surface area contributed by atoms with Crippen LogP contribution in [0.5, 0.6) is 5.75 Å². The minimum Gasteiger partial charge on any atom is -0.489 e. The molecule has 0 unspecified atom stereocenters. The van der Waals surface area contributed by atoms with Gasteiger partial charge in [0.1, 0.15) is 19.0 Å². The lowest BCUT2D eigenvalue weighted by molar-refractivity contribution is -0.384. The third kappa shape index (κ3) is 5.67. The molecule has 0 saturated heterocycles. The second kappa shape index (κ2) is 7.15. The van der Waals surface area contributed by atoms with Gasteiger partial charge >= 0.3 is 5.97 Å². The first-order chi connectivity index (χ1) is 8.99. The molecule has 0 fully saturated rings. The number of esters is 1. The molecule has 0 radical (unpaired) electrons. The number of hydrogen-bond acceptors (Lipinski definition) is 5. The molecular formula is C13H15NO5. The van der Waals surface area contributed by atoms with E-state index in [1.807, 2.05) is 6.92 Å². The first-order valence-corrected chi connectivity index (χ1v) is 5.65. The van der Waals surface area contributed by atoms with Gasteiger partial charge in [-0.25, -0.2) is 0 Å². The summed E-state index contributed by atoms with van der Waals surface area (Å²) in [6, 6.07) is 5.84. The van der Waals surface area contributed by atoms with E-state index in [0.717, 1.165) is 5.57 Å². The summed E-state index contributed by atoms with van der Waals surface area (Å²) < 4.78 is 10.2. The largest absolute Gasteiger partial charge is 0.489 e. The van der Waals surface area contributed by atoms with Crippen molar-refractivity contribution in [2.45, 2.75) is 13.8 Å². The van der Waals surface area contributed by atoms with E-state index in [2.05, 4.69) is 0 Å². The minimum absolute atomic E-state index is 0.0227. The van der Waals surface area contributed by atoms with Crippen LogP contribution in [0.1, 0.15) is 13.8 Å². The highest BCUT2D eigenvalue weighted by Gasteiger charge is 2.04. The highest BCUT2D eigenvalue weighted by atomic mass is 16.6. The molecule has 0 bridgehead atoms. The lowest BCUT2D eigenvalue weighted by Gasteiger charge is -2.06. The third-order valence-electron chi connectivity index (χ3n) is 2.23. The van der Waals surface area contributed by atoms with Crippen molar-refractivity contribution < 1.29 is 19.2 Å². The number of nitro groups is 1. The fourth-order valence-electron chi connectivity index (χ4n) is 1.22. The van der Waals surface area contributed by atoms with E-state index in [0.29, 0.717) is 12.4 Å². The second-order valence-corrected chi connectivity index (χ2v) is 3.89. The maximum absolute atomic E-state index is 10.6. The summed E-state index contributed by atoms with van der Waals surface area (Å²) in [6.07, 6.45) is 1.74. The van der Waals surface area contributed by atoms with Gasteiger partial charge in [0, 0.05) is 19.1 Å². The summed E-state index contributed by atoms with van der Waals surface area (Å²) in [5, 5.41) is 10.5. The van der Waals surface area contributed by atoms with Crippen LogP contribution in [0.25, 0.3) is 0 Å². The molecule has 6 nitrogen and oxygen atoms in total. The van der Waals surface area contributed by atoms with Crippen LogP contribution in [0.15, 0.2) is 35.9 Å². The Bertz CT molecular complexity index is 478. The molecule has 102 valence electrons. The molecule has 0 aliphatic carbocycles. The summed E-state index contributed by atoms with van der Waals surface area (Å²) in [7, 11) is 0. The highest BCUT2D eigenvalue weighted by Crippen LogP contribution is 2.17. The van der Waals surface area contributed by atoms with Crippen molar-refractivity contribution in [1.29, 1.82) is 0 Å². The Kier molecular flexibility index (Phi) is 5.53. The van der Waals surface area contributed by atoms with Crippen molar-refractivity contribution in [2.24, 2.45) is 0 Å². The predicted molar refractivity (Wildman–Crippen MR) is 69.0 cm³/mol. The molecule has 0 spiro atoms. The van der Waals surface area contributed by atoms with Crippen molar-refractivity contribution in [3.63, 3.8) is 0 Å². The fourth-order valence-corrected chi connectivity index (χ4v) is 1.22. The van der Waals surface area contributed by atoms with Gasteiger partial charge in [-0.05, 0) is 30.7 Å². The zero-order valence-electron chi connectivity index (χ0n) is 10.8. The van der Waals surface area contributed by atoms with Gasteiger partial charge in [0.2, 0.25) is 0 Å². The molecule has 0 aliphatic heterocycles. The third-order valence-corrected chi connectivity index (χ3v) is 2.23. The van der Waals surface area contributed by atoms with Crippen LogP contribution in [0.4, 0.5) is 5.69 Å². The Labute approximate surface area is 110 Å². The van der Waals surface area contributed by atoms with Gasteiger partial charge in [0.15, 0.2) is 0 Å². The normalized spacial score (nSPS) is 10.9. The average molecular weight is 265 g/mol. The van der Waals surface area contributed by atoms with Crippen LogP contribution in [0.2, 0.25) is 0 Å². The molecule has 0 aliphatic rings. The summed E-state index contributed by atoms with van der Waals surface area (Å²) >= 11 is 0. The molecule has 0 heterocycles. The van der Waals surface area contributed by atoms with Gasteiger partial charge in [-0.1, -0.05) is 0 Å². The number of non-ortho nitro benzene ring substituents is 1. The first kappa shape index (κ1) is 14.7. The number of nitro benzene ring substituents is 1. The number of ether oxygens (including phenoxy) is 2. The number of nitrogens with zero attached hydrogens (tertiary/aromatic N) is 1. The predicted octanol–water partition coefficient (Wildman–Crippen LogP) is 2.48. The zero-order valence-corrected chi connectivity index (χ0v) is 10.8. The summed E-state index contributed by atoms with van der Waals surface area (Å²) in [4.78, 5) is 20.6. The van der Waals surface area contributed by atoms with Gasteiger partial charge < -0.3 is 9.47 Å². The average Bonchev–Trinajstić information content (AvgIpc) is 2.36. The monoisotopic (exact) mass is 265 g/mol. The fraction of sp³-hybridized carbons (Fsp3) is 0.308. The smallest absolute Gasteiger partial charge is 0.302 e. The van der Waals surface area contributed by atoms with Crippen molar-refractivity contribution in [1.82, 2.24) is 0 Å². The maximum Gasteiger partial charge on any atom is 0.302 e. The molecule has 0 amide bonds. The number of rotatable bonds is 6. The van der Waals surface area contributed by atoms with Gasteiger partial charge in [-0.3, -0.25) is 14.9 Å². The molecule has 19 heavy (non-hydrogen) atoms. The summed E-state index contributed by atoms with van der Waals surface area (Å²) in [5.41, 5.74) is 0.925. The molecule has 6 heteroatoms. The van der Waals surface area contributed by atoms with Gasteiger partial charge in [0.25, 0.3) is 5.69 Å². The number of carbonyl (C=O) groups excluding carboxylic acids is 1. The van der Waals surface area contributed by atoms with Crippen LogP contribution in [0, 0.1) is 10.1 Å². The topological polar surface area (TPSA) is 78.7 Å². The van der Waals surface area contributed by atoms with Crippen LogP contribution in [-0.4, -0.2) is 24.1 Å². The Balaban J connectivity index is 2.43. The Morgan fingerprint density at radius 2 is 1.95 bits per heavy atom. The molecule has 0 aromatic heterocycles. The van der Waals surface area contributed by atoms with E-state index in [4.69, 9.17) is 9.47 Å². The van der Waals surface area contributed by atoms with Crippen molar-refractivity contribution in [3.05, 3.63) is 46.0 Å². The van der Waals surface area contributed by atoms with E-state index in [1.165, 1.54) is 31.2 Å². The lowest BCUT2D eigenvalue weighted by atomic mass is 10.3. The van der Waals surface area contributed by atoms with Crippen molar-refractivity contribution >= 4 is 11.7 Å². The number of hydrogen-bond donors (Lipinski definition) is 0. The zero-order chi connectivity index (χ0) is 14.3. The lowest BCUT2D eigenvalue weighted by Crippen LogP contribution is -2.02. The van der Waals surface area contributed by atoms with Gasteiger partial charge in [-0.15, -0.1) is 0 Å². The Morgan fingerprint density at radius 3 is 2.47 bits per heavy atom. The van der Waals surface area contributed by atoms with Crippen LogP contribution in [0.3, 0.4) is 0 Å². The summed E-state index contributed by atoms with van der Waals surface area (Å²) in [6.45, 7) is 3.73.